The highest BCUT2D eigenvalue weighted by molar-refractivity contribution is 5.86. The summed E-state index contributed by atoms with van der Waals surface area (Å²) >= 11 is 0. The second-order valence-electron chi connectivity index (χ2n) is 5.72. The van der Waals surface area contributed by atoms with Crippen LogP contribution in [-0.4, -0.2) is 35.3 Å². The average Bonchev–Trinajstić information content (AvgIpc) is 2.69. The summed E-state index contributed by atoms with van der Waals surface area (Å²) in [6, 6.07) is 3.49. The third-order valence-electron chi connectivity index (χ3n) is 4.23. The third kappa shape index (κ3) is 3.46. The highest BCUT2D eigenvalue weighted by atomic mass is 16.5. The molecule has 10 nitrogen and oxygen atoms in total. The van der Waals surface area contributed by atoms with Crippen molar-refractivity contribution < 1.29 is 28.7 Å². The molecule has 2 atom stereocenters. The standard InChI is InChI=1S/C17H19N3O7/c1-18-13(21)11(14(22)19(2)17(18)25)10(15(23)26-3)12(16(24)27-4)20-8-6-5-7-9-20/h5-10,12H,1-4H3. The highest BCUT2D eigenvalue weighted by Gasteiger charge is 2.46. The Hall–Kier alpha value is -3.43. The second-order valence-corrected chi connectivity index (χ2v) is 5.72. The lowest BCUT2D eigenvalue weighted by atomic mass is 9.92. The van der Waals surface area contributed by atoms with Crippen molar-refractivity contribution in [2.75, 3.05) is 14.2 Å². The van der Waals surface area contributed by atoms with Crippen LogP contribution in [0.25, 0.3) is 0 Å². The third-order valence-corrected chi connectivity index (χ3v) is 4.23. The van der Waals surface area contributed by atoms with E-state index in [1.165, 1.54) is 31.1 Å². The van der Waals surface area contributed by atoms with E-state index in [-0.39, 0.29) is 0 Å². The van der Waals surface area contributed by atoms with Gasteiger partial charge in [0.05, 0.1) is 14.2 Å². The lowest BCUT2D eigenvalue weighted by Crippen LogP contribution is -2.52. The van der Waals surface area contributed by atoms with Crippen molar-refractivity contribution in [2.45, 2.75) is 12.0 Å². The maximum atomic E-state index is 12.7. The van der Waals surface area contributed by atoms with Crippen LogP contribution >= 0.6 is 0 Å². The zero-order valence-electron chi connectivity index (χ0n) is 15.2. The lowest BCUT2D eigenvalue weighted by Gasteiger charge is -2.25. The summed E-state index contributed by atoms with van der Waals surface area (Å²) in [7, 11) is 4.52. The van der Waals surface area contributed by atoms with Crippen molar-refractivity contribution in [3.8, 4) is 5.88 Å². The predicted octanol–water partition coefficient (Wildman–Crippen LogP) is -1.88. The van der Waals surface area contributed by atoms with E-state index in [2.05, 4.69) is 0 Å². The van der Waals surface area contributed by atoms with Crippen LogP contribution in [-0.2, 0) is 33.2 Å². The van der Waals surface area contributed by atoms with Gasteiger partial charge in [0, 0.05) is 31.8 Å². The number of carbonyl (C=O) groups excluding carboxylic acids is 2. The number of pyridine rings is 1. The quantitative estimate of drug-likeness (QED) is 0.441. The fraction of sp³-hybridized carbons (Fsp3) is 0.353. The topological polar surface area (TPSA) is 124 Å². The Kier molecular flexibility index (Phi) is 5.78. The van der Waals surface area contributed by atoms with E-state index in [4.69, 9.17) is 9.47 Å². The van der Waals surface area contributed by atoms with Gasteiger partial charge in [-0.05, 0) is 5.88 Å². The Balaban J connectivity index is 2.87. The first kappa shape index (κ1) is 19.9. The molecule has 0 bridgehead atoms. The number of ether oxygens (including phenoxy) is 2. The molecule has 0 radical (unpaired) electrons. The number of aromatic nitrogens is 3. The molecule has 0 N–H and O–H groups in total. The van der Waals surface area contributed by atoms with Gasteiger partial charge in [-0.2, -0.15) is 4.57 Å². The molecule has 2 unspecified atom stereocenters. The van der Waals surface area contributed by atoms with Crippen LogP contribution < -0.4 is 20.9 Å². The summed E-state index contributed by atoms with van der Waals surface area (Å²) < 4.78 is 12.2. The number of methoxy groups -OCH3 is 2. The Labute approximate surface area is 153 Å². The van der Waals surface area contributed by atoms with Gasteiger partial charge in [0.1, 0.15) is 0 Å². The molecule has 0 fully saturated rings. The van der Waals surface area contributed by atoms with Crippen LogP contribution in [0, 0.1) is 0 Å². The number of carbonyl (C=O) groups is 2. The number of hydrogen-bond acceptors (Lipinski definition) is 7. The molecule has 0 spiro atoms. The maximum Gasteiger partial charge on any atom is 0.376 e. The molecule has 0 amide bonds. The van der Waals surface area contributed by atoms with Gasteiger partial charge in [0.25, 0.3) is 11.6 Å². The van der Waals surface area contributed by atoms with Crippen molar-refractivity contribution in [1.29, 1.82) is 0 Å². The molecular weight excluding hydrogens is 358 g/mol. The molecule has 0 saturated carbocycles. The molecule has 2 heterocycles. The monoisotopic (exact) mass is 377 g/mol. The van der Waals surface area contributed by atoms with Crippen molar-refractivity contribution in [3.05, 3.63) is 57.0 Å². The lowest BCUT2D eigenvalue weighted by molar-refractivity contribution is -0.712. The van der Waals surface area contributed by atoms with Gasteiger partial charge < -0.3 is 19.1 Å². The zero-order chi connectivity index (χ0) is 20.3. The van der Waals surface area contributed by atoms with E-state index >= 15 is 0 Å². The van der Waals surface area contributed by atoms with Crippen LogP contribution in [0.15, 0.2) is 40.2 Å². The Morgan fingerprint density at radius 2 is 1.56 bits per heavy atom. The summed E-state index contributed by atoms with van der Waals surface area (Å²) in [6.07, 6.45) is 2.96. The molecule has 2 rings (SSSR count). The van der Waals surface area contributed by atoms with Gasteiger partial charge in [-0.25, -0.2) is 9.59 Å². The minimum Gasteiger partial charge on any atom is -0.860 e. The summed E-state index contributed by atoms with van der Waals surface area (Å²) in [5, 5.41) is 12.7. The normalized spacial score (nSPS) is 12.9. The van der Waals surface area contributed by atoms with Gasteiger partial charge in [-0.15, -0.1) is 0 Å². The summed E-state index contributed by atoms with van der Waals surface area (Å²) in [6.45, 7) is 0. The first-order valence-corrected chi connectivity index (χ1v) is 7.84. The Morgan fingerprint density at radius 3 is 2.07 bits per heavy atom. The van der Waals surface area contributed by atoms with Crippen molar-refractivity contribution >= 4 is 11.9 Å². The number of rotatable bonds is 5. The van der Waals surface area contributed by atoms with Gasteiger partial charge in [-0.3, -0.25) is 14.2 Å². The molecule has 0 aliphatic heterocycles. The van der Waals surface area contributed by atoms with Gasteiger partial charge in [-0.1, -0.05) is 6.07 Å². The molecule has 0 aliphatic rings. The fourth-order valence-corrected chi connectivity index (χ4v) is 2.80. The molecular formula is C17H19N3O7. The summed E-state index contributed by atoms with van der Waals surface area (Å²) in [5.41, 5.74) is -2.39. The van der Waals surface area contributed by atoms with Crippen LogP contribution in [0.1, 0.15) is 17.5 Å². The van der Waals surface area contributed by atoms with Crippen molar-refractivity contribution in [1.82, 2.24) is 9.13 Å². The van der Waals surface area contributed by atoms with E-state index in [0.717, 1.165) is 14.2 Å². The van der Waals surface area contributed by atoms with E-state index in [0.29, 0.717) is 9.13 Å². The molecule has 0 saturated heterocycles. The zero-order valence-corrected chi connectivity index (χ0v) is 15.2. The van der Waals surface area contributed by atoms with Gasteiger partial charge >= 0.3 is 17.6 Å². The van der Waals surface area contributed by atoms with E-state index in [9.17, 15) is 24.3 Å². The Morgan fingerprint density at radius 1 is 1.00 bits per heavy atom. The molecule has 27 heavy (non-hydrogen) atoms. The molecule has 144 valence electrons. The molecule has 0 aliphatic carbocycles. The van der Waals surface area contributed by atoms with Crippen molar-refractivity contribution in [2.24, 2.45) is 14.1 Å². The number of nitrogens with zero attached hydrogens (tertiary/aromatic N) is 3. The van der Waals surface area contributed by atoms with Crippen LogP contribution in [0.4, 0.5) is 0 Å². The first-order valence-electron chi connectivity index (χ1n) is 7.84. The average molecular weight is 377 g/mol. The minimum absolute atomic E-state index is 0.557. The smallest absolute Gasteiger partial charge is 0.376 e. The molecule has 10 heteroatoms. The van der Waals surface area contributed by atoms with E-state index in [1.54, 1.807) is 18.2 Å². The largest absolute Gasteiger partial charge is 0.860 e. The van der Waals surface area contributed by atoms with Crippen molar-refractivity contribution in [3.63, 3.8) is 0 Å². The molecule has 2 aromatic heterocycles. The van der Waals surface area contributed by atoms with E-state index in [1.807, 2.05) is 0 Å². The first-order chi connectivity index (χ1) is 12.8. The van der Waals surface area contributed by atoms with E-state index < -0.39 is 46.6 Å². The fourth-order valence-electron chi connectivity index (χ4n) is 2.80. The number of esters is 2. The van der Waals surface area contributed by atoms with Gasteiger partial charge in [0.15, 0.2) is 18.3 Å². The maximum absolute atomic E-state index is 12.7. The minimum atomic E-state index is -1.62. The summed E-state index contributed by atoms with van der Waals surface area (Å²) in [4.78, 5) is 49.6. The number of hydrogen-bond donors (Lipinski definition) is 0. The van der Waals surface area contributed by atoms with Crippen LogP contribution in [0.5, 0.6) is 5.88 Å². The summed E-state index contributed by atoms with van der Waals surface area (Å²) in [5.74, 6) is -4.46. The molecule has 2 aromatic rings. The van der Waals surface area contributed by atoms with Crippen LogP contribution in [0.2, 0.25) is 0 Å². The Bertz CT molecular complexity index is 979. The second kappa shape index (κ2) is 7.85. The molecule has 0 aromatic carbocycles. The van der Waals surface area contributed by atoms with Gasteiger partial charge in [0.2, 0.25) is 0 Å². The van der Waals surface area contributed by atoms with Crippen LogP contribution in [0.3, 0.4) is 0 Å². The predicted molar refractivity (Wildman–Crippen MR) is 88.8 cm³/mol. The SMILES string of the molecule is COC(=O)C(c1c([O-])n(C)c(=O)n(C)c1=O)C(C(=O)OC)[n+]1ccccc1. The highest BCUT2D eigenvalue weighted by Crippen LogP contribution is 2.29.